The molecule has 31 heavy (non-hydrogen) atoms. The second kappa shape index (κ2) is 9.27. The predicted molar refractivity (Wildman–Crippen MR) is 112 cm³/mol. The number of aromatic nitrogens is 4. The Kier molecular flexibility index (Phi) is 7.27. The lowest BCUT2D eigenvalue weighted by Crippen LogP contribution is -2.62. The summed E-state index contributed by atoms with van der Waals surface area (Å²) < 4.78 is 8.33. The Balaban J connectivity index is 2.24. The summed E-state index contributed by atoms with van der Waals surface area (Å²) in [6, 6.07) is 0. The first-order chi connectivity index (χ1) is 14.6. The molecule has 0 unspecified atom stereocenters. The van der Waals surface area contributed by atoms with Crippen LogP contribution in [0.15, 0.2) is 12.7 Å². The summed E-state index contributed by atoms with van der Waals surface area (Å²) >= 11 is 0. The van der Waals surface area contributed by atoms with Crippen LogP contribution in [0, 0.1) is 0 Å². The first kappa shape index (κ1) is 24.3. The Hall–Kier alpha value is -1.32. The zero-order chi connectivity index (χ0) is 23.0. The van der Waals surface area contributed by atoms with Gasteiger partial charge in [0.05, 0.1) is 12.9 Å². The van der Waals surface area contributed by atoms with Crippen molar-refractivity contribution in [3.8, 4) is 0 Å². The molecule has 0 aliphatic carbocycles. The Morgan fingerprint density at radius 3 is 2.65 bits per heavy atom. The fourth-order valence-corrected chi connectivity index (χ4v) is 5.66. The number of aliphatic hydroxyl groups excluding tert-OH is 2. The van der Waals surface area contributed by atoms with E-state index in [1.807, 2.05) is 6.92 Å². The fourth-order valence-electron chi connectivity index (χ4n) is 3.70. The highest BCUT2D eigenvalue weighted by atomic mass is 31.2. The van der Waals surface area contributed by atoms with Crippen LogP contribution in [0.25, 0.3) is 11.2 Å². The minimum absolute atomic E-state index is 0.111. The summed E-state index contributed by atoms with van der Waals surface area (Å²) in [5, 5.41) is 32.6. The maximum Gasteiger partial charge on any atom is 0.270 e. The molecule has 1 aliphatic rings. The number of hydrogen-bond acceptors (Lipinski definition) is 12. The molecule has 0 aromatic carbocycles. The summed E-state index contributed by atoms with van der Waals surface area (Å²) in [6.45, 7) is 4.75. The molecule has 0 saturated carbocycles. The third kappa shape index (κ3) is 3.97. The molecule has 13 nitrogen and oxygen atoms in total. The van der Waals surface area contributed by atoms with Crippen molar-refractivity contribution >= 4 is 34.5 Å². The molecule has 1 radical (unpaired) electrons. The molecule has 2 aromatic rings. The zero-order valence-electron chi connectivity index (χ0n) is 17.5. The number of anilines is 1. The van der Waals surface area contributed by atoms with Crippen molar-refractivity contribution < 1.29 is 34.7 Å². The Morgan fingerprint density at radius 1 is 1.35 bits per heavy atom. The van der Waals surface area contributed by atoms with Gasteiger partial charge in [-0.15, -0.1) is 4.50 Å². The summed E-state index contributed by atoms with van der Waals surface area (Å²) in [5.41, 5.74) is 4.56. The van der Waals surface area contributed by atoms with Gasteiger partial charge in [-0.1, -0.05) is 26.4 Å². The number of nitrogen functional groups attached to an aromatic ring is 1. The summed E-state index contributed by atoms with van der Waals surface area (Å²) in [6.07, 6.45) is 0.961. The van der Waals surface area contributed by atoms with E-state index in [1.165, 1.54) is 17.2 Å². The Labute approximate surface area is 181 Å². The van der Waals surface area contributed by atoms with Gasteiger partial charge in [0.25, 0.3) is 14.3 Å². The Morgan fingerprint density at radius 2 is 2.06 bits per heavy atom. The number of rotatable bonds is 9. The van der Waals surface area contributed by atoms with Gasteiger partial charge in [0.1, 0.15) is 24.1 Å². The number of fused-ring (bicyclic) bond motifs is 1. The molecule has 7 N–H and O–H groups in total. The third-order valence-electron chi connectivity index (χ3n) is 5.23. The normalized spacial score (nSPS) is 29.1. The number of hydrogen-bond donors (Lipinski definition) is 6. The van der Waals surface area contributed by atoms with E-state index >= 15 is 0 Å². The van der Waals surface area contributed by atoms with Crippen LogP contribution in [0.4, 0.5) is 5.82 Å². The van der Waals surface area contributed by atoms with Crippen LogP contribution in [0.3, 0.4) is 0 Å². The van der Waals surface area contributed by atoms with E-state index in [4.69, 9.17) is 15.3 Å². The van der Waals surface area contributed by atoms with Gasteiger partial charge in [-0.25, -0.2) is 15.0 Å². The monoisotopic (exact) mass is 475 g/mol. The fraction of sp³-hybridized carbons (Fsp3) is 0.688. The topological polar surface area (TPSA) is 192 Å². The number of nitrogens with two attached hydrogens (primary N) is 1. The van der Waals surface area contributed by atoms with Crippen LogP contribution in [0.2, 0.25) is 13.1 Å². The van der Waals surface area contributed by atoms with Crippen molar-refractivity contribution in [1.29, 1.82) is 0 Å². The van der Waals surface area contributed by atoms with E-state index < -0.39 is 47.8 Å². The molecule has 0 bridgehead atoms. The van der Waals surface area contributed by atoms with E-state index in [9.17, 15) is 25.1 Å². The highest BCUT2D eigenvalue weighted by Gasteiger charge is 2.69. The molecule has 0 spiro atoms. The van der Waals surface area contributed by atoms with Crippen LogP contribution in [-0.2, 0) is 15.3 Å². The quantitative estimate of drug-likeness (QED) is 0.117. The van der Waals surface area contributed by atoms with E-state index in [-0.39, 0.29) is 23.4 Å². The first-order valence-corrected chi connectivity index (χ1v) is 13.4. The van der Waals surface area contributed by atoms with E-state index in [0.717, 1.165) is 4.50 Å². The molecule has 1 saturated heterocycles. The second-order valence-corrected chi connectivity index (χ2v) is 11.1. The van der Waals surface area contributed by atoms with Gasteiger partial charge in [-0.2, -0.15) is 0 Å². The van der Waals surface area contributed by atoms with Crippen LogP contribution in [0.1, 0.15) is 26.2 Å². The SMILES string of the molecule is CCCC[C@@]1(n2cnc3c(N)ncnc32)O[C@H](CO)[C@@H](O)[C@]1(O)ON([Si](C)C)P(O)O. The Bertz CT molecular complexity index is 898. The van der Waals surface area contributed by atoms with Gasteiger partial charge in [0, 0.05) is 6.42 Å². The molecule has 15 heteroatoms. The molecule has 173 valence electrons. The van der Waals surface area contributed by atoms with E-state index in [2.05, 4.69) is 15.0 Å². The lowest BCUT2D eigenvalue weighted by atomic mass is 9.92. The van der Waals surface area contributed by atoms with Gasteiger partial charge in [-0.3, -0.25) is 9.40 Å². The maximum atomic E-state index is 11.8. The van der Waals surface area contributed by atoms with Crippen molar-refractivity contribution in [1.82, 2.24) is 24.0 Å². The molecular weight excluding hydrogens is 447 g/mol. The van der Waals surface area contributed by atoms with Crippen molar-refractivity contribution in [2.45, 2.75) is 63.0 Å². The van der Waals surface area contributed by atoms with Crippen molar-refractivity contribution in [2.24, 2.45) is 0 Å². The van der Waals surface area contributed by atoms with Gasteiger partial charge in [0.2, 0.25) is 5.72 Å². The van der Waals surface area contributed by atoms with Gasteiger partial charge >= 0.3 is 0 Å². The summed E-state index contributed by atoms with van der Waals surface area (Å²) in [7, 11) is -4.39. The highest BCUT2D eigenvalue weighted by Crippen LogP contribution is 2.51. The zero-order valence-corrected chi connectivity index (χ0v) is 19.3. The summed E-state index contributed by atoms with van der Waals surface area (Å²) in [4.78, 5) is 37.8. The molecule has 4 atom stereocenters. The highest BCUT2D eigenvalue weighted by molar-refractivity contribution is 7.44. The number of nitrogens with zero attached hydrogens (tertiary/aromatic N) is 5. The smallest absolute Gasteiger partial charge is 0.270 e. The lowest BCUT2D eigenvalue weighted by Gasteiger charge is -2.44. The average molecular weight is 475 g/mol. The minimum Gasteiger partial charge on any atom is -0.394 e. The van der Waals surface area contributed by atoms with Crippen molar-refractivity contribution in [3.63, 3.8) is 0 Å². The molecule has 2 aromatic heterocycles. The maximum absolute atomic E-state index is 11.8. The number of ether oxygens (including phenoxy) is 1. The third-order valence-corrected chi connectivity index (χ3v) is 8.23. The van der Waals surface area contributed by atoms with Crippen LogP contribution < -0.4 is 5.73 Å². The number of unbranched alkanes of at least 4 members (excludes halogenated alkanes) is 1. The first-order valence-electron chi connectivity index (χ1n) is 9.73. The van der Waals surface area contributed by atoms with Crippen LogP contribution in [-0.4, -0.2) is 82.7 Å². The van der Waals surface area contributed by atoms with E-state index in [1.54, 1.807) is 13.1 Å². The standard InChI is InChI=1S/C16H28N6O7PSi/c1-4-5-6-15(21-9-20-11-13(17)18-8-19-14(11)21)16(25,12(24)10(7-23)28-15)29-22(30(26)27)31(2)3/h8-10,12,23-27H,4-7H2,1-3H3,(H2,17,18,19)/t10-,12-,15-,16+/m1/s1. The van der Waals surface area contributed by atoms with Crippen LogP contribution in [0.5, 0.6) is 0 Å². The average Bonchev–Trinajstić information content (AvgIpc) is 3.25. The van der Waals surface area contributed by atoms with Gasteiger partial charge < -0.3 is 35.6 Å². The molecular formula is C16H28N6O7PSi. The summed E-state index contributed by atoms with van der Waals surface area (Å²) in [5.74, 6) is -2.41. The molecule has 0 amide bonds. The molecule has 1 aliphatic heterocycles. The van der Waals surface area contributed by atoms with Crippen LogP contribution >= 0.6 is 8.53 Å². The lowest BCUT2D eigenvalue weighted by molar-refractivity contribution is -0.366. The van der Waals surface area contributed by atoms with Crippen molar-refractivity contribution in [3.05, 3.63) is 12.7 Å². The van der Waals surface area contributed by atoms with Crippen molar-refractivity contribution in [2.75, 3.05) is 12.3 Å². The largest absolute Gasteiger partial charge is 0.394 e. The molecule has 1 fully saturated rings. The van der Waals surface area contributed by atoms with Gasteiger partial charge in [0.15, 0.2) is 20.4 Å². The minimum atomic E-state index is -2.74. The number of imidazole rings is 1. The molecule has 3 rings (SSSR count). The second-order valence-electron chi connectivity index (χ2n) is 7.49. The number of aliphatic hydroxyl groups is 3. The molecule has 3 heterocycles. The van der Waals surface area contributed by atoms with E-state index in [0.29, 0.717) is 12.8 Å². The van der Waals surface area contributed by atoms with Gasteiger partial charge in [-0.05, 0) is 6.42 Å². The predicted octanol–water partition coefficient (Wildman–Crippen LogP) is -0.612.